The Balaban J connectivity index is 1.93. The molecule has 0 amide bonds. The standard InChI is InChI=1S/C14H13ClN2O/c15-10-4-2-5-11(16)14(10)18-13-8-7-9-3-1-6-12(9)17-13/h2,4-5,7-8H,1,3,6,16H2. The summed E-state index contributed by atoms with van der Waals surface area (Å²) in [5, 5.41) is 0.497. The number of aryl methyl sites for hydroxylation is 2. The maximum absolute atomic E-state index is 6.06. The molecular formula is C14H13ClN2O. The Morgan fingerprint density at radius 3 is 2.89 bits per heavy atom. The van der Waals surface area contributed by atoms with Crippen LogP contribution in [0.5, 0.6) is 11.6 Å². The number of nitrogens with two attached hydrogens (primary N) is 1. The molecule has 1 aromatic heterocycles. The molecule has 1 heterocycles. The van der Waals surface area contributed by atoms with Gasteiger partial charge in [0.2, 0.25) is 5.88 Å². The molecule has 92 valence electrons. The summed E-state index contributed by atoms with van der Waals surface area (Å²) in [6, 6.07) is 9.24. The Hall–Kier alpha value is -1.74. The Kier molecular flexibility index (Phi) is 2.84. The van der Waals surface area contributed by atoms with Crippen LogP contribution in [0, 0.1) is 0 Å². The number of hydrogen-bond donors (Lipinski definition) is 1. The lowest BCUT2D eigenvalue weighted by Crippen LogP contribution is -1.96. The fourth-order valence-corrected chi connectivity index (χ4v) is 2.42. The van der Waals surface area contributed by atoms with Crippen LogP contribution < -0.4 is 10.5 Å². The number of ether oxygens (including phenoxy) is 1. The summed E-state index contributed by atoms with van der Waals surface area (Å²) >= 11 is 6.06. The van der Waals surface area contributed by atoms with Crippen molar-refractivity contribution in [1.82, 2.24) is 4.98 Å². The van der Waals surface area contributed by atoms with Crippen molar-refractivity contribution >= 4 is 17.3 Å². The van der Waals surface area contributed by atoms with Gasteiger partial charge in [0, 0.05) is 11.8 Å². The molecule has 3 nitrogen and oxygen atoms in total. The first kappa shape index (κ1) is 11.4. The molecule has 1 aromatic carbocycles. The van der Waals surface area contributed by atoms with Gasteiger partial charge in [-0.1, -0.05) is 23.7 Å². The van der Waals surface area contributed by atoms with Gasteiger partial charge in [0.05, 0.1) is 10.7 Å². The minimum atomic E-state index is 0.476. The van der Waals surface area contributed by atoms with Crippen LogP contribution in [0.4, 0.5) is 5.69 Å². The van der Waals surface area contributed by atoms with Crippen molar-refractivity contribution in [3.05, 3.63) is 46.6 Å². The minimum absolute atomic E-state index is 0.476. The summed E-state index contributed by atoms with van der Waals surface area (Å²) in [7, 11) is 0. The second-order valence-electron chi connectivity index (χ2n) is 4.37. The van der Waals surface area contributed by atoms with E-state index in [1.807, 2.05) is 6.07 Å². The molecule has 0 bridgehead atoms. The molecule has 3 rings (SSSR count). The highest BCUT2D eigenvalue weighted by atomic mass is 35.5. The number of aromatic nitrogens is 1. The molecule has 0 radical (unpaired) electrons. The highest BCUT2D eigenvalue weighted by Gasteiger charge is 2.14. The van der Waals surface area contributed by atoms with Gasteiger partial charge in [-0.15, -0.1) is 0 Å². The third kappa shape index (κ3) is 2.02. The number of benzene rings is 1. The molecular weight excluding hydrogens is 248 g/mol. The van der Waals surface area contributed by atoms with E-state index in [0.717, 1.165) is 18.5 Å². The average Bonchev–Trinajstić information content (AvgIpc) is 2.81. The van der Waals surface area contributed by atoms with Crippen molar-refractivity contribution in [3.63, 3.8) is 0 Å². The largest absolute Gasteiger partial charge is 0.435 e. The number of halogens is 1. The highest BCUT2D eigenvalue weighted by molar-refractivity contribution is 6.32. The summed E-state index contributed by atoms with van der Waals surface area (Å²) in [5.41, 5.74) is 8.80. The number of hydrogen-bond acceptors (Lipinski definition) is 3. The molecule has 0 aliphatic heterocycles. The predicted molar refractivity (Wildman–Crippen MR) is 72.2 cm³/mol. The third-order valence-electron chi connectivity index (χ3n) is 3.11. The van der Waals surface area contributed by atoms with Crippen LogP contribution in [-0.4, -0.2) is 4.98 Å². The molecule has 0 atom stereocenters. The number of anilines is 1. The molecule has 1 aliphatic carbocycles. The topological polar surface area (TPSA) is 48.1 Å². The SMILES string of the molecule is Nc1cccc(Cl)c1Oc1ccc2c(n1)CCC2. The van der Waals surface area contributed by atoms with Crippen molar-refractivity contribution in [2.45, 2.75) is 19.3 Å². The number of nitrogen functional groups attached to an aromatic ring is 1. The van der Waals surface area contributed by atoms with Gasteiger partial charge in [0.15, 0.2) is 5.75 Å². The molecule has 0 saturated carbocycles. The lowest BCUT2D eigenvalue weighted by molar-refractivity contribution is 0.463. The smallest absolute Gasteiger partial charge is 0.219 e. The van der Waals surface area contributed by atoms with Crippen LogP contribution >= 0.6 is 11.6 Å². The molecule has 0 fully saturated rings. The first-order valence-corrected chi connectivity index (χ1v) is 6.32. The van der Waals surface area contributed by atoms with Crippen molar-refractivity contribution < 1.29 is 4.74 Å². The quantitative estimate of drug-likeness (QED) is 0.840. The van der Waals surface area contributed by atoms with Gasteiger partial charge in [-0.2, -0.15) is 0 Å². The zero-order valence-corrected chi connectivity index (χ0v) is 10.6. The monoisotopic (exact) mass is 260 g/mol. The van der Waals surface area contributed by atoms with Gasteiger partial charge in [-0.3, -0.25) is 0 Å². The van der Waals surface area contributed by atoms with Crippen LogP contribution in [0.25, 0.3) is 0 Å². The van der Waals surface area contributed by atoms with Crippen LogP contribution in [0.3, 0.4) is 0 Å². The van der Waals surface area contributed by atoms with E-state index in [0.29, 0.717) is 22.3 Å². The molecule has 4 heteroatoms. The van der Waals surface area contributed by atoms with E-state index in [1.165, 1.54) is 12.0 Å². The summed E-state index contributed by atoms with van der Waals surface area (Å²) in [6.45, 7) is 0. The van der Waals surface area contributed by atoms with E-state index in [1.54, 1.807) is 18.2 Å². The lowest BCUT2D eigenvalue weighted by Gasteiger charge is -2.10. The maximum Gasteiger partial charge on any atom is 0.219 e. The van der Waals surface area contributed by atoms with Gasteiger partial charge in [0.25, 0.3) is 0 Å². The normalized spacial score (nSPS) is 13.4. The Labute approximate surface area is 111 Å². The minimum Gasteiger partial charge on any atom is -0.435 e. The van der Waals surface area contributed by atoms with Gasteiger partial charge in [-0.25, -0.2) is 4.98 Å². The predicted octanol–water partition coefficient (Wildman–Crippen LogP) is 3.60. The van der Waals surface area contributed by atoms with Crippen LogP contribution in [0.1, 0.15) is 17.7 Å². The Morgan fingerprint density at radius 1 is 1.17 bits per heavy atom. The zero-order chi connectivity index (χ0) is 12.5. The number of fused-ring (bicyclic) bond motifs is 1. The van der Waals surface area contributed by atoms with Crippen LogP contribution in [0.2, 0.25) is 5.02 Å². The molecule has 0 saturated heterocycles. The van der Waals surface area contributed by atoms with E-state index in [-0.39, 0.29) is 0 Å². The molecule has 2 aromatic rings. The van der Waals surface area contributed by atoms with E-state index >= 15 is 0 Å². The number of pyridine rings is 1. The van der Waals surface area contributed by atoms with E-state index in [4.69, 9.17) is 22.1 Å². The zero-order valence-electron chi connectivity index (χ0n) is 9.82. The van der Waals surface area contributed by atoms with E-state index < -0.39 is 0 Å². The fraction of sp³-hybridized carbons (Fsp3) is 0.214. The van der Waals surface area contributed by atoms with Crippen molar-refractivity contribution in [2.24, 2.45) is 0 Å². The number of rotatable bonds is 2. The molecule has 1 aliphatic rings. The summed E-state index contributed by atoms with van der Waals surface area (Å²) in [6.07, 6.45) is 3.29. The highest BCUT2D eigenvalue weighted by Crippen LogP contribution is 2.34. The lowest BCUT2D eigenvalue weighted by atomic mass is 10.2. The summed E-state index contributed by atoms with van der Waals surface area (Å²) in [4.78, 5) is 4.49. The molecule has 0 unspecified atom stereocenters. The second kappa shape index (κ2) is 4.50. The number of para-hydroxylation sites is 1. The van der Waals surface area contributed by atoms with Crippen molar-refractivity contribution in [2.75, 3.05) is 5.73 Å². The number of nitrogens with zero attached hydrogens (tertiary/aromatic N) is 1. The Bertz CT molecular complexity index is 578. The van der Waals surface area contributed by atoms with Gasteiger partial charge in [-0.05, 0) is 37.0 Å². The second-order valence-corrected chi connectivity index (χ2v) is 4.78. The van der Waals surface area contributed by atoms with Crippen molar-refractivity contribution in [1.29, 1.82) is 0 Å². The Morgan fingerprint density at radius 2 is 2.06 bits per heavy atom. The van der Waals surface area contributed by atoms with E-state index in [2.05, 4.69) is 11.1 Å². The molecule has 18 heavy (non-hydrogen) atoms. The van der Waals surface area contributed by atoms with Gasteiger partial charge < -0.3 is 10.5 Å². The van der Waals surface area contributed by atoms with Gasteiger partial charge in [0.1, 0.15) is 0 Å². The average molecular weight is 261 g/mol. The summed E-state index contributed by atoms with van der Waals surface area (Å²) in [5.74, 6) is 1.03. The van der Waals surface area contributed by atoms with Crippen LogP contribution in [-0.2, 0) is 12.8 Å². The van der Waals surface area contributed by atoms with Gasteiger partial charge >= 0.3 is 0 Å². The molecule has 2 N–H and O–H groups in total. The third-order valence-corrected chi connectivity index (χ3v) is 3.40. The first-order chi connectivity index (χ1) is 8.74. The first-order valence-electron chi connectivity index (χ1n) is 5.94. The maximum atomic E-state index is 6.06. The molecule has 0 spiro atoms. The van der Waals surface area contributed by atoms with Crippen LogP contribution in [0.15, 0.2) is 30.3 Å². The fourth-order valence-electron chi connectivity index (χ4n) is 2.20. The van der Waals surface area contributed by atoms with E-state index in [9.17, 15) is 0 Å². The summed E-state index contributed by atoms with van der Waals surface area (Å²) < 4.78 is 5.70. The van der Waals surface area contributed by atoms with Crippen molar-refractivity contribution in [3.8, 4) is 11.6 Å².